The maximum atomic E-state index is 12.5. The van der Waals surface area contributed by atoms with Gasteiger partial charge in [0.15, 0.2) is 9.84 Å². The summed E-state index contributed by atoms with van der Waals surface area (Å²) in [6, 6.07) is 14.5. The molecule has 9 heteroatoms. The predicted molar refractivity (Wildman–Crippen MR) is 111 cm³/mol. The summed E-state index contributed by atoms with van der Waals surface area (Å²) < 4.78 is 27.3. The van der Waals surface area contributed by atoms with Gasteiger partial charge < -0.3 is 10.2 Å². The Morgan fingerprint density at radius 1 is 1.00 bits per heavy atom. The number of carbonyl (C=O) groups excluding carboxylic acids is 1. The van der Waals surface area contributed by atoms with E-state index in [9.17, 15) is 13.2 Å². The van der Waals surface area contributed by atoms with E-state index in [0.717, 1.165) is 11.4 Å². The Kier molecular flexibility index (Phi) is 5.10. The molecule has 0 radical (unpaired) electrons. The van der Waals surface area contributed by atoms with Crippen LogP contribution in [0.25, 0.3) is 11.4 Å². The highest BCUT2D eigenvalue weighted by Gasteiger charge is 2.21. The van der Waals surface area contributed by atoms with Crippen LogP contribution >= 0.6 is 11.5 Å². The lowest BCUT2D eigenvalue weighted by molar-refractivity contribution is 0.102. The van der Waals surface area contributed by atoms with Crippen molar-refractivity contribution < 1.29 is 13.2 Å². The Labute approximate surface area is 167 Å². The molecule has 0 bridgehead atoms. The SMILES string of the molecule is O=C(Nc1ccc(N2CCS(=O)(=O)CC2)cc1)c1cccc(-c2ccsn2)n1. The monoisotopic (exact) mass is 414 g/mol. The van der Waals surface area contributed by atoms with Crippen LogP contribution in [0.3, 0.4) is 0 Å². The average molecular weight is 415 g/mol. The smallest absolute Gasteiger partial charge is 0.274 e. The number of hydrogen-bond donors (Lipinski definition) is 1. The summed E-state index contributed by atoms with van der Waals surface area (Å²) in [6.07, 6.45) is 0. The van der Waals surface area contributed by atoms with Crippen molar-refractivity contribution in [1.82, 2.24) is 9.36 Å². The first-order valence-electron chi connectivity index (χ1n) is 8.75. The highest BCUT2D eigenvalue weighted by Crippen LogP contribution is 2.21. The van der Waals surface area contributed by atoms with Crippen LogP contribution in [-0.2, 0) is 9.84 Å². The maximum Gasteiger partial charge on any atom is 0.274 e. The van der Waals surface area contributed by atoms with Gasteiger partial charge in [0.2, 0.25) is 0 Å². The largest absolute Gasteiger partial charge is 0.369 e. The zero-order chi connectivity index (χ0) is 19.6. The van der Waals surface area contributed by atoms with Gasteiger partial charge in [-0.25, -0.2) is 13.4 Å². The predicted octanol–water partition coefficient (Wildman–Crippen LogP) is 2.69. The molecular weight excluding hydrogens is 396 g/mol. The second-order valence-corrected chi connectivity index (χ2v) is 9.40. The van der Waals surface area contributed by atoms with Gasteiger partial charge in [0.1, 0.15) is 11.4 Å². The first kappa shape index (κ1) is 18.6. The van der Waals surface area contributed by atoms with Gasteiger partial charge >= 0.3 is 0 Å². The third-order valence-corrected chi connectivity index (χ3v) is 6.69. The minimum Gasteiger partial charge on any atom is -0.369 e. The molecule has 1 aliphatic rings. The van der Waals surface area contributed by atoms with Crippen LogP contribution < -0.4 is 10.2 Å². The van der Waals surface area contributed by atoms with Gasteiger partial charge in [-0.05, 0) is 54.0 Å². The van der Waals surface area contributed by atoms with Crippen LogP contribution in [0.4, 0.5) is 11.4 Å². The fourth-order valence-electron chi connectivity index (χ4n) is 2.97. The molecule has 0 unspecified atom stereocenters. The van der Waals surface area contributed by atoms with Crippen LogP contribution in [0, 0.1) is 0 Å². The molecule has 3 aromatic rings. The van der Waals surface area contributed by atoms with Crippen molar-refractivity contribution in [2.75, 3.05) is 34.8 Å². The molecule has 0 atom stereocenters. The highest BCUT2D eigenvalue weighted by molar-refractivity contribution is 7.91. The quantitative estimate of drug-likeness (QED) is 0.706. The molecule has 0 saturated carbocycles. The summed E-state index contributed by atoms with van der Waals surface area (Å²) in [5.74, 6) is 0.0489. The topological polar surface area (TPSA) is 92.3 Å². The Hall–Kier alpha value is -2.78. The van der Waals surface area contributed by atoms with Crippen molar-refractivity contribution in [3.05, 3.63) is 59.6 Å². The van der Waals surface area contributed by atoms with Crippen LogP contribution in [0.5, 0.6) is 0 Å². The number of anilines is 2. The first-order chi connectivity index (χ1) is 13.5. The zero-order valence-electron chi connectivity index (χ0n) is 14.9. The Balaban J connectivity index is 1.43. The normalized spacial score (nSPS) is 15.9. The van der Waals surface area contributed by atoms with Crippen LogP contribution in [-0.4, -0.2) is 48.3 Å². The van der Waals surface area contributed by atoms with E-state index in [1.165, 1.54) is 11.5 Å². The number of carbonyl (C=O) groups is 1. The van der Waals surface area contributed by atoms with Crippen LogP contribution in [0.1, 0.15) is 10.5 Å². The second kappa shape index (κ2) is 7.69. The van der Waals surface area contributed by atoms with Gasteiger partial charge in [0.05, 0.1) is 17.2 Å². The van der Waals surface area contributed by atoms with Crippen molar-refractivity contribution in [2.24, 2.45) is 0 Å². The van der Waals surface area contributed by atoms with Gasteiger partial charge in [-0.2, -0.15) is 4.37 Å². The van der Waals surface area contributed by atoms with E-state index in [1.54, 1.807) is 24.3 Å². The molecule has 0 spiro atoms. The van der Waals surface area contributed by atoms with E-state index < -0.39 is 9.84 Å². The lowest BCUT2D eigenvalue weighted by Crippen LogP contribution is -2.40. The molecule has 1 aliphatic heterocycles. The number of benzene rings is 1. The lowest BCUT2D eigenvalue weighted by atomic mass is 10.2. The second-order valence-electron chi connectivity index (χ2n) is 6.43. The Morgan fingerprint density at radius 2 is 1.75 bits per heavy atom. The lowest BCUT2D eigenvalue weighted by Gasteiger charge is -2.28. The van der Waals surface area contributed by atoms with E-state index in [1.807, 2.05) is 34.5 Å². The molecular formula is C19H18N4O3S2. The standard InChI is InChI=1S/C19H18N4O3S2/c24-19(18-3-1-2-16(21-18)17-8-11-27-22-17)20-14-4-6-15(7-5-14)23-9-12-28(25,26)13-10-23/h1-8,11H,9-10,12-13H2,(H,20,24). The molecule has 1 N–H and O–H groups in total. The van der Waals surface area contributed by atoms with Gasteiger partial charge in [-0.3, -0.25) is 4.79 Å². The maximum absolute atomic E-state index is 12.5. The third kappa shape index (κ3) is 4.20. The molecule has 1 fully saturated rings. The molecule has 28 heavy (non-hydrogen) atoms. The highest BCUT2D eigenvalue weighted by atomic mass is 32.2. The molecule has 3 heterocycles. The van der Waals surface area contributed by atoms with Crippen LogP contribution in [0.2, 0.25) is 0 Å². The summed E-state index contributed by atoms with van der Waals surface area (Å²) in [7, 11) is -2.91. The number of aromatic nitrogens is 2. The van der Waals surface area contributed by atoms with Crippen molar-refractivity contribution in [1.29, 1.82) is 0 Å². The number of pyridine rings is 1. The number of nitrogens with one attached hydrogen (secondary N) is 1. The van der Waals surface area contributed by atoms with Crippen LogP contribution in [0.15, 0.2) is 53.9 Å². The molecule has 144 valence electrons. The molecule has 1 aromatic carbocycles. The molecule has 4 rings (SSSR count). The summed E-state index contributed by atoms with van der Waals surface area (Å²) >= 11 is 1.34. The Bertz CT molecular complexity index is 1070. The van der Waals surface area contributed by atoms with Gasteiger partial charge in [-0.1, -0.05) is 6.07 Å². The van der Waals surface area contributed by atoms with Crippen molar-refractivity contribution >= 4 is 38.7 Å². The fraction of sp³-hybridized carbons (Fsp3) is 0.211. The fourth-order valence-corrected chi connectivity index (χ4v) is 4.69. The number of sulfone groups is 1. The number of nitrogens with zero attached hydrogens (tertiary/aromatic N) is 3. The van der Waals surface area contributed by atoms with E-state index in [4.69, 9.17) is 0 Å². The van der Waals surface area contributed by atoms with Gasteiger partial charge in [-0.15, -0.1) is 0 Å². The van der Waals surface area contributed by atoms with E-state index in [2.05, 4.69) is 14.7 Å². The molecule has 1 amide bonds. The summed E-state index contributed by atoms with van der Waals surface area (Å²) in [5.41, 5.74) is 3.31. The van der Waals surface area contributed by atoms with Crippen molar-refractivity contribution in [2.45, 2.75) is 0 Å². The zero-order valence-corrected chi connectivity index (χ0v) is 16.5. The number of amides is 1. The van der Waals surface area contributed by atoms with E-state index in [-0.39, 0.29) is 17.4 Å². The molecule has 7 nitrogen and oxygen atoms in total. The number of rotatable bonds is 4. The summed E-state index contributed by atoms with van der Waals surface area (Å²) in [5, 5.41) is 4.70. The minimum atomic E-state index is -2.91. The number of hydrogen-bond acceptors (Lipinski definition) is 7. The van der Waals surface area contributed by atoms with Crippen molar-refractivity contribution in [3.63, 3.8) is 0 Å². The average Bonchev–Trinajstić information content (AvgIpc) is 3.24. The minimum absolute atomic E-state index is 0.173. The molecule has 1 saturated heterocycles. The van der Waals surface area contributed by atoms with E-state index >= 15 is 0 Å². The molecule has 2 aromatic heterocycles. The van der Waals surface area contributed by atoms with E-state index in [0.29, 0.717) is 30.2 Å². The first-order valence-corrected chi connectivity index (χ1v) is 11.4. The van der Waals surface area contributed by atoms with Crippen molar-refractivity contribution in [3.8, 4) is 11.4 Å². The molecule has 0 aliphatic carbocycles. The summed E-state index contributed by atoms with van der Waals surface area (Å²) in [6.45, 7) is 0.975. The summed E-state index contributed by atoms with van der Waals surface area (Å²) in [4.78, 5) is 18.9. The van der Waals surface area contributed by atoms with Gasteiger partial charge in [0.25, 0.3) is 5.91 Å². The van der Waals surface area contributed by atoms with Gasteiger partial charge in [0, 0.05) is 29.8 Å². The Morgan fingerprint density at radius 3 is 2.43 bits per heavy atom. The third-order valence-electron chi connectivity index (χ3n) is 4.52.